The Hall–Kier alpha value is -3.93. The number of urea groups is 1. The van der Waals surface area contributed by atoms with Crippen LogP contribution in [0, 0.1) is 0 Å². The van der Waals surface area contributed by atoms with Crippen LogP contribution in [-0.4, -0.2) is 29.8 Å². The van der Waals surface area contributed by atoms with Gasteiger partial charge in [-0.15, -0.1) is 0 Å². The zero-order valence-electron chi connectivity index (χ0n) is 19.2. The van der Waals surface area contributed by atoms with Crippen molar-refractivity contribution < 1.29 is 32.3 Å². The van der Waals surface area contributed by atoms with E-state index < -0.39 is 23.7 Å². The predicted octanol–water partition coefficient (Wildman–Crippen LogP) is 3.40. The van der Waals surface area contributed by atoms with Crippen LogP contribution >= 0.6 is 0 Å². The number of piperidine rings is 1. The molecular formula is C24H25F3N6O3. The van der Waals surface area contributed by atoms with Gasteiger partial charge in [0.1, 0.15) is 0 Å². The molecule has 2 amide bonds. The third-order valence-electron chi connectivity index (χ3n) is 5.52. The highest BCUT2D eigenvalue weighted by molar-refractivity contribution is 5.99. The van der Waals surface area contributed by atoms with Gasteiger partial charge in [-0.05, 0) is 53.7 Å². The highest BCUT2D eigenvalue weighted by atomic mass is 19.4. The molecule has 3 aromatic rings. The Morgan fingerprint density at radius 3 is 2.72 bits per heavy atom. The van der Waals surface area contributed by atoms with Crippen LogP contribution in [0.2, 0.25) is 0 Å². The van der Waals surface area contributed by atoms with E-state index in [1.807, 2.05) is 0 Å². The minimum atomic E-state index is -4.70. The van der Waals surface area contributed by atoms with E-state index in [0.717, 1.165) is 37.9 Å². The molecule has 0 spiro atoms. The van der Waals surface area contributed by atoms with Crippen LogP contribution in [0.4, 0.5) is 35.2 Å². The van der Waals surface area contributed by atoms with E-state index in [1.165, 1.54) is 16.9 Å². The molecule has 0 aliphatic carbocycles. The summed E-state index contributed by atoms with van der Waals surface area (Å²) in [6, 6.07) is 10.8. The van der Waals surface area contributed by atoms with Crippen molar-refractivity contribution in [3.63, 3.8) is 0 Å². The zero-order chi connectivity index (χ0) is 25.5. The lowest BCUT2D eigenvalue weighted by Crippen LogP contribution is -2.48. The monoisotopic (exact) mass is 502 g/mol. The molecule has 1 aliphatic heterocycles. The van der Waals surface area contributed by atoms with Crippen molar-refractivity contribution in [2.75, 3.05) is 17.2 Å². The Bertz CT molecular complexity index is 1210. The van der Waals surface area contributed by atoms with Crippen molar-refractivity contribution in [2.45, 2.75) is 44.4 Å². The van der Waals surface area contributed by atoms with E-state index in [-0.39, 0.29) is 29.7 Å². The second-order valence-corrected chi connectivity index (χ2v) is 8.45. The summed E-state index contributed by atoms with van der Waals surface area (Å²) in [5, 5.41) is 24.2. The number of alkyl halides is 3. The summed E-state index contributed by atoms with van der Waals surface area (Å²) in [4.78, 5) is 16.2. The summed E-state index contributed by atoms with van der Waals surface area (Å²) in [5.41, 5.74) is -0.783. The fraction of sp³-hybridized carbons (Fsp3) is 0.333. The van der Waals surface area contributed by atoms with Gasteiger partial charge in [0.2, 0.25) is 5.27 Å². The summed E-state index contributed by atoms with van der Waals surface area (Å²) in [7, 11) is 0. The molecule has 1 unspecified atom stereocenters. The van der Waals surface area contributed by atoms with E-state index in [4.69, 9.17) is 4.52 Å². The van der Waals surface area contributed by atoms with Crippen molar-refractivity contribution in [2.24, 2.45) is 4.99 Å². The molecule has 2 heterocycles. The lowest BCUT2D eigenvalue weighted by molar-refractivity contribution is -0.764. The average Bonchev–Trinajstić information content (AvgIpc) is 3.26. The number of benzene rings is 2. The number of carbonyl (C=O) groups is 1. The number of hydrogen-bond acceptors (Lipinski definition) is 6. The second-order valence-electron chi connectivity index (χ2n) is 8.45. The molecule has 12 heteroatoms. The average molecular weight is 502 g/mol. The summed E-state index contributed by atoms with van der Waals surface area (Å²) in [6.07, 6.45) is -0.0387. The Kier molecular flexibility index (Phi) is 7.84. The number of rotatable bonds is 7. The quantitative estimate of drug-likeness (QED) is 0.260. The Morgan fingerprint density at radius 2 is 2.00 bits per heavy atom. The van der Waals surface area contributed by atoms with E-state index in [0.29, 0.717) is 12.1 Å². The first kappa shape index (κ1) is 25.2. The number of aliphatic imine (C=N–C) groups is 1. The molecule has 36 heavy (non-hydrogen) atoms. The van der Waals surface area contributed by atoms with Gasteiger partial charge in [-0.2, -0.15) is 13.2 Å². The summed E-state index contributed by atoms with van der Waals surface area (Å²) in [6.45, 7) is 1.49. The van der Waals surface area contributed by atoms with E-state index in [9.17, 15) is 23.1 Å². The molecule has 4 rings (SSSR count). The molecule has 1 fully saturated rings. The lowest BCUT2D eigenvalue weighted by Gasteiger charge is -2.19. The van der Waals surface area contributed by atoms with Gasteiger partial charge in [0.15, 0.2) is 6.54 Å². The molecule has 2 aromatic carbocycles. The van der Waals surface area contributed by atoms with Gasteiger partial charge in [-0.3, -0.25) is 14.8 Å². The van der Waals surface area contributed by atoms with Crippen molar-refractivity contribution in [3.8, 4) is 0 Å². The first-order valence-electron chi connectivity index (χ1n) is 11.4. The van der Waals surface area contributed by atoms with Crippen LogP contribution in [0.25, 0.3) is 0 Å². The molecule has 0 radical (unpaired) electrons. The lowest BCUT2D eigenvalue weighted by atomic mass is 10.1. The molecule has 1 aromatic heterocycles. The predicted molar refractivity (Wildman–Crippen MR) is 124 cm³/mol. The summed E-state index contributed by atoms with van der Waals surface area (Å²) >= 11 is 0. The number of anilines is 2. The molecule has 1 saturated heterocycles. The number of amides is 2. The molecule has 1 aliphatic rings. The Morgan fingerprint density at radius 1 is 1.19 bits per heavy atom. The van der Waals surface area contributed by atoms with Crippen molar-refractivity contribution in [1.82, 2.24) is 10.6 Å². The maximum Gasteiger partial charge on any atom is 0.416 e. The molecule has 9 nitrogen and oxygen atoms in total. The molecule has 3 N–H and O–H groups in total. The van der Waals surface area contributed by atoms with E-state index in [2.05, 4.69) is 26.2 Å². The van der Waals surface area contributed by atoms with Gasteiger partial charge in [0.05, 0.1) is 17.3 Å². The van der Waals surface area contributed by atoms with Crippen LogP contribution in [0.15, 0.2) is 64.2 Å². The first-order chi connectivity index (χ1) is 17.2. The van der Waals surface area contributed by atoms with Gasteiger partial charge < -0.3 is 15.7 Å². The maximum absolute atomic E-state index is 13.4. The van der Waals surface area contributed by atoms with E-state index in [1.54, 1.807) is 30.3 Å². The van der Waals surface area contributed by atoms with Gasteiger partial charge >= 0.3 is 18.1 Å². The molecule has 0 bridgehead atoms. The molecule has 0 saturated carbocycles. The van der Waals surface area contributed by atoms with Crippen molar-refractivity contribution in [1.29, 1.82) is 0 Å². The topological polar surface area (TPSA) is 118 Å². The van der Waals surface area contributed by atoms with Gasteiger partial charge in [-0.1, -0.05) is 36.8 Å². The minimum absolute atomic E-state index is 0.0261. The third kappa shape index (κ3) is 7.28. The van der Waals surface area contributed by atoms with Gasteiger partial charge in [0.25, 0.3) is 6.20 Å². The van der Waals surface area contributed by atoms with E-state index >= 15 is 0 Å². The number of nitrogens with one attached hydrogen (secondary N) is 3. The van der Waals surface area contributed by atoms with Crippen LogP contribution in [0.3, 0.4) is 0 Å². The smallest absolute Gasteiger partial charge is 0.416 e. The summed E-state index contributed by atoms with van der Waals surface area (Å²) < 4.78 is 46.9. The van der Waals surface area contributed by atoms with Gasteiger partial charge in [0, 0.05) is 12.1 Å². The highest BCUT2D eigenvalue weighted by Crippen LogP contribution is 2.34. The standard InChI is InChI=1S/C24H25F3N6O3/c25-24(26,27)17-11-19(29-21(34)10-16-6-2-1-3-7-16)13-20(12-17)30-23(35)31-22-15-33(32-36-22)14-18-8-4-5-9-28-18/h1-3,6-7,11-13,15,18,28H,4-5,8-10,14H2,(H2-,29,30,31,32,34,35). The minimum Gasteiger partial charge on any atom is -0.861 e. The molecule has 190 valence electrons. The number of aromatic nitrogens is 2. The first-order valence-corrected chi connectivity index (χ1v) is 11.4. The van der Waals surface area contributed by atoms with Crippen molar-refractivity contribution in [3.05, 3.63) is 65.9 Å². The van der Waals surface area contributed by atoms with Crippen LogP contribution in [-0.2, 0) is 19.1 Å². The Labute approximate surface area is 205 Å². The largest absolute Gasteiger partial charge is 0.861 e. The van der Waals surface area contributed by atoms with Crippen LogP contribution < -0.4 is 25.7 Å². The third-order valence-corrected chi connectivity index (χ3v) is 5.52. The normalized spacial score (nSPS) is 16.5. The fourth-order valence-corrected chi connectivity index (χ4v) is 3.87. The van der Waals surface area contributed by atoms with Crippen LogP contribution in [0.1, 0.15) is 30.4 Å². The summed E-state index contributed by atoms with van der Waals surface area (Å²) in [5.74, 6) is -0.590. The zero-order valence-corrected chi connectivity index (χ0v) is 19.2. The second kappa shape index (κ2) is 11.2. The number of hydrogen-bond donors (Lipinski definition) is 3. The molecule has 1 atom stereocenters. The Balaban J connectivity index is 1.44. The highest BCUT2D eigenvalue weighted by Gasteiger charge is 2.31. The van der Waals surface area contributed by atoms with Crippen molar-refractivity contribution >= 4 is 29.2 Å². The molecular weight excluding hydrogens is 477 g/mol. The SMILES string of the molecule is O=C(Nc1cc(N=C([O-])Cc2ccccc2)cc(C(F)(F)F)c1)Nc1c[n+](CC2CCCCN2)no1. The maximum atomic E-state index is 13.4. The van der Waals surface area contributed by atoms with Crippen LogP contribution in [0.5, 0.6) is 0 Å². The number of carbonyl (C=O) groups excluding carboxylic acids is 1. The number of halogens is 3. The number of nitrogens with zero attached hydrogens (tertiary/aromatic N) is 3. The van der Waals surface area contributed by atoms with Gasteiger partial charge in [-0.25, -0.2) is 4.79 Å². The fourth-order valence-electron chi connectivity index (χ4n) is 3.87.